The van der Waals surface area contributed by atoms with E-state index >= 15 is 0 Å². The lowest BCUT2D eigenvalue weighted by atomic mass is 10.00. The number of nitrogens with zero attached hydrogens (tertiary/aromatic N) is 1. The van der Waals surface area contributed by atoms with Crippen LogP contribution in [-0.2, 0) is 0 Å². The number of urea groups is 1. The molecule has 0 aromatic heterocycles. The van der Waals surface area contributed by atoms with Crippen molar-refractivity contribution in [3.8, 4) is 0 Å². The Kier molecular flexibility index (Phi) is 3.34. The Morgan fingerprint density at radius 1 is 1.50 bits per heavy atom. The van der Waals surface area contributed by atoms with Gasteiger partial charge in [-0.25, -0.2) is 4.79 Å². The molecule has 70 valence electrons. The van der Waals surface area contributed by atoms with Crippen LogP contribution in [-0.4, -0.2) is 30.1 Å². The summed E-state index contributed by atoms with van der Waals surface area (Å²) < 4.78 is 0. The molecule has 1 aliphatic heterocycles. The van der Waals surface area contributed by atoms with E-state index in [1.165, 1.54) is 6.42 Å². The first kappa shape index (κ1) is 9.32. The first-order valence-corrected chi connectivity index (χ1v) is 4.52. The Morgan fingerprint density at radius 2 is 2.25 bits per heavy atom. The quantitative estimate of drug-likeness (QED) is 0.626. The largest absolute Gasteiger partial charge is 0.351 e. The van der Waals surface area contributed by atoms with Crippen LogP contribution in [0.4, 0.5) is 4.79 Å². The summed E-state index contributed by atoms with van der Waals surface area (Å²) in [7, 11) is 0. The van der Waals surface area contributed by atoms with Crippen molar-refractivity contribution in [2.75, 3.05) is 13.1 Å². The second-order valence-electron chi connectivity index (χ2n) is 3.26. The number of rotatable bonds is 2. The molecule has 0 aromatic carbocycles. The van der Waals surface area contributed by atoms with Crippen LogP contribution in [0.3, 0.4) is 0 Å². The number of likely N-dealkylation sites (tertiary alicyclic amines) is 1. The summed E-state index contributed by atoms with van der Waals surface area (Å²) in [5.41, 5.74) is 10.7. The predicted molar refractivity (Wildman–Crippen MR) is 47.6 cm³/mol. The molecule has 12 heavy (non-hydrogen) atoms. The minimum atomic E-state index is -0.298. The fourth-order valence-corrected chi connectivity index (χ4v) is 1.78. The van der Waals surface area contributed by atoms with Crippen LogP contribution in [0.5, 0.6) is 0 Å². The topological polar surface area (TPSA) is 72.3 Å². The number of amides is 2. The van der Waals surface area contributed by atoms with Crippen LogP contribution in [0.25, 0.3) is 0 Å². The number of carbonyl (C=O) groups is 1. The Labute approximate surface area is 72.9 Å². The summed E-state index contributed by atoms with van der Waals surface area (Å²) in [5, 5.41) is 0. The van der Waals surface area contributed by atoms with Gasteiger partial charge in [-0.05, 0) is 32.2 Å². The van der Waals surface area contributed by atoms with Gasteiger partial charge in [-0.2, -0.15) is 0 Å². The fraction of sp³-hybridized carbons (Fsp3) is 0.875. The maximum Gasteiger partial charge on any atom is 0.315 e. The van der Waals surface area contributed by atoms with E-state index in [2.05, 4.69) is 0 Å². The maximum absolute atomic E-state index is 10.9. The standard InChI is InChI=1S/C8H17N3O/c9-5-4-7-3-1-2-6-11(7)8(10)12/h7H,1-6,9H2,(H2,10,12). The molecule has 2 amide bonds. The smallest absolute Gasteiger partial charge is 0.315 e. The van der Waals surface area contributed by atoms with Crippen molar-refractivity contribution in [2.45, 2.75) is 31.7 Å². The molecule has 0 saturated carbocycles. The van der Waals surface area contributed by atoms with Crippen LogP contribution in [0, 0.1) is 0 Å². The predicted octanol–water partition coefficient (Wildman–Crippen LogP) is 0.268. The monoisotopic (exact) mass is 171 g/mol. The first-order chi connectivity index (χ1) is 5.75. The molecule has 0 bridgehead atoms. The first-order valence-electron chi connectivity index (χ1n) is 4.52. The van der Waals surface area contributed by atoms with Gasteiger partial charge in [0, 0.05) is 12.6 Å². The molecule has 1 heterocycles. The molecule has 1 atom stereocenters. The van der Waals surface area contributed by atoms with Crippen molar-refractivity contribution < 1.29 is 4.79 Å². The van der Waals surface area contributed by atoms with Crippen molar-refractivity contribution in [1.29, 1.82) is 0 Å². The molecule has 1 rings (SSSR count). The van der Waals surface area contributed by atoms with E-state index in [9.17, 15) is 4.79 Å². The fourth-order valence-electron chi connectivity index (χ4n) is 1.78. The van der Waals surface area contributed by atoms with E-state index in [-0.39, 0.29) is 6.03 Å². The highest BCUT2D eigenvalue weighted by molar-refractivity contribution is 5.72. The van der Waals surface area contributed by atoms with Gasteiger partial charge in [-0.1, -0.05) is 0 Å². The number of carbonyl (C=O) groups excluding carboxylic acids is 1. The molecule has 1 aliphatic rings. The minimum Gasteiger partial charge on any atom is -0.351 e. The molecule has 1 saturated heterocycles. The van der Waals surface area contributed by atoms with Gasteiger partial charge < -0.3 is 16.4 Å². The van der Waals surface area contributed by atoms with E-state index in [1.54, 1.807) is 4.90 Å². The summed E-state index contributed by atoms with van der Waals surface area (Å²) in [5.74, 6) is 0. The summed E-state index contributed by atoms with van der Waals surface area (Å²) in [4.78, 5) is 12.7. The Bertz CT molecular complexity index is 158. The Morgan fingerprint density at radius 3 is 2.83 bits per heavy atom. The lowest BCUT2D eigenvalue weighted by Gasteiger charge is -2.34. The molecule has 0 spiro atoms. The molecular formula is C8H17N3O. The third-order valence-electron chi connectivity index (χ3n) is 2.41. The van der Waals surface area contributed by atoms with E-state index in [0.717, 1.165) is 25.8 Å². The summed E-state index contributed by atoms with van der Waals surface area (Å²) in [6.45, 7) is 1.44. The van der Waals surface area contributed by atoms with Gasteiger partial charge in [0.05, 0.1) is 0 Å². The summed E-state index contributed by atoms with van der Waals surface area (Å²) in [6.07, 6.45) is 4.20. The van der Waals surface area contributed by atoms with Gasteiger partial charge in [0.2, 0.25) is 0 Å². The highest BCUT2D eigenvalue weighted by atomic mass is 16.2. The van der Waals surface area contributed by atoms with Gasteiger partial charge >= 0.3 is 6.03 Å². The molecule has 4 N–H and O–H groups in total. The van der Waals surface area contributed by atoms with Gasteiger partial charge in [0.15, 0.2) is 0 Å². The van der Waals surface area contributed by atoms with Crippen LogP contribution >= 0.6 is 0 Å². The SMILES string of the molecule is NCCC1CCCCN1C(N)=O. The second kappa shape index (κ2) is 4.30. The molecule has 1 unspecified atom stereocenters. The maximum atomic E-state index is 10.9. The van der Waals surface area contributed by atoms with Crippen LogP contribution in [0.15, 0.2) is 0 Å². The zero-order valence-electron chi connectivity index (χ0n) is 7.33. The molecule has 4 heteroatoms. The summed E-state index contributed by atoms with van der Waals surface area (Å²) >= 11 is 0. The van der Waals surface area contributed by atoms with Crippen molar-refractivity contribution in [1.82, 2.24) is 4.90 Å². The molecule has 0 aromatic rings. The highest BCUT2D eigenvalue weighted by Crippen LogP contribution is 2.18. The van der Waals surface area contributed by atoms with Crippen LogP contribution in [0.2, 0.25) is 0 Å². The number of hydrogen-bond acceptors (Lipinski definition) is 2. The Balaban J connectivity index is 2.48. The number of piperidine rings is 1. The van der Waals surface area contributed by atoms with Gasteiger partial charge in [0.1, 0.15) is 0 Å². The highest BCUT2D eigenvalue weighted by Gasteiger charge is 2.23. The lowest BCUT2D eigenvalue weighted by Crippen LogP contribution is -2.47. The molecule has 0 aliphatic carbocycles. The van der Waals surface area contributed by atoms with E-state index in [4.69, 9.17) is 11.5 Å². The van der Waals surface area contributed by atoms with Crippen LogP contribution in [0.1, 0.15) is 25.7 Å². The van der Waals surface area contributed by atoms with Crippen molar-refractivity contribution >= 4 is 6.03 Å². The molecule has 4 nitrogen and oxygen atoms in total. The number of hydrogen-bond donors (Lipinski definition) is 2. The zero-order valence-corrected chi connectivity index (χ0v) is 7.33. The van der Waals surface area contributed by atoms with Gasteiger partial charge in [-0.15, -0.1) is 0 Å². The minimum absolute atomic E-state index is 0.293. The van der Waals surface area contributed by atoms with Crippen molar-refractivity contribution in [3.63, 3.8) is 0 Å². The number of primary amides is 1. The van der Waals surface area contributed by atoms with Crippen LogP contribution < -0.4 is 11.5 Å². The molecular weight excluding hydrogens is 154 g/mol. The average molecular weight is 171 g/mol. The van der Waals surface area contributed by atoms with E-state index in [0.29, 0.717) is 12.6 Å². The van der Waals surface area contributed by atoms with Gasteiger partial charge in [0.25, 0.3) is 0 Å². The van der Waals surface area contributed by atoms with E-state index in [1.807, 2.05) is 0 Å². The lowest BCUT2D eigenvalue weighted by molar-refractivity contribution is 0.155. The molecule has 1 fully saturated rings. The second-order valence-corrected chi connectivity index (χ2v) is 3.26. The Hall–Kier alpha value is -0.770. The van der Waals surface area contributed by atoms with Crippen molar-refractivity contribution in [3.05, 3.63) is 0 Å². The molecule has 0 radical (unpaired) electrons. The van der Waals surface area contributed by atoms with E-state index < -0.39 is 0 Å². The van der Waals surface area contributed by atoms with Gasteiger partial charge in [-0.3, -0.25) is 0 Å². The average Bonchev–Trinajstić information content (AvgIpc) is 2.05. The summed E-state index contributed by atoms with van der Waals surface area (Å²) in [6, 6.07) is -0.00519. The third-order valence-corrected chi connectivity index (χ3v) is 2.41. The third kappa shape index (κ3) is 2.11. The van der Waals surface area contributed by atoms with Crippen molar-refractivity contribution in [2.24, 2.45) is 11.5 Å². The normalized spacial score (nSPS) is 24.1. The number of nitrogens with two attached hydrogens (primary N) is 2. The zero-order chi connectivity index (χ0) is 8.97.